The first kappa shape index (κ1) is 17.1. The minimum absolute atomic E-state index is 0.0192. The first-order chi connectivity index (χ1) is 12.0. The van der Waals surface area contributed by atoms with E-state index in [1.165, 1.54) is 6.08 Å². The SMILES string of the molecule is C=CCOC(=O)OC1=C(C)NC2=C(C(=O)OC2)C1c1ccccc1Cl. The van der Waals surface area contributed by atoms with Gasteiger partial charge in [0.25, 0.3) is 0 Å². The highest BCUT2D eigenvalue weighted by molar-refractivity contribution is 6.31. The lowest BCUT2D eigenvalue weighted by Crippen LogP contribution is -2.28. The molecule has 0 aliphatic carbocycles. The third-order valence-electron chi connectivity index (χ3n) is 3.88. The first-order valence-electron chi connectivity index (χ1n) is 7.60. The maximum absolute atomic E-state index is 12.2. The maximum Gasteiger partial charge on any atom is 0.513 e. The summed E-state index contributed by atoms with van der Waals surface area (Å²) in [5.41, 5.74) is 2.24. The third-order valence-corrected chi connectivity index (χ3v) is 4.22. The molecule has 0 amide bonds. The molecule has 0 spiro atoms. The predicted octanol–water partition coefficient (Wildman–Crippen LogP) is 3.41. The number of halogens is 1. The van der Waals surface area contributed by atoms with E-state index in [0.29, 0.717) is 27.6 Å². The average molecular weight is 362 g/mol. The van der Waals surface area contributed by atoms with E-state index in [-0.39, 0.29) is 19.0 Å². The molecular formula is C18H16ClNO5. The maximum atomic E-state index is 12.2. The minimum Gasteiger partial charge on any atom is -0.456 e. The van der Waals surface area contributed by atoms with Gasteiger partial charge in [0.1, 0.15) is 19.0 Å². The number of benzene rings is 1. The summed E-state index contributed by atoms with van der Waals surface area (Å²) in [5, 5.41) is 3.51. The van der Waals surface area contributed by atoms with Crippen molar-refractivity contribution in [1.82, 2.24) is 5.32 Å². The molecule has 0 saturated carbocycles. The van der Waals surface area contributed by atoms with Gasteiger partial charge in [-0.25, -0.2) is 9.59 Å². The molecule has 3 rings (SSSR count). The lowest BCUT2D eigenvalue weighted by Gasteiger charge is -2.28. The summed E-state index contributed by atoms with van der Waals surface area (Å²) in [5.74, 6) is -0.878. The Morgan fingerprint density at radius 3 is 2.96 bits per heavy atom. The number of nitrogens with one attached hydrogen (secondary N) is 1. The Kier molecular flexibility index (Phi) is 4.81. The van der Waals surface area contributed by atoms with Crippen molar-refractivity contribution >= 4 is 23.7 Å². The number of rotatable bonds is 4. The van der Waals surface area contributed by atoms with Crippen LogP contribution in [0.25, 0.3) is 0 Å². The highest BCUT2D eigenvalue weighted by atomic mass is 35.5. The minimum atomic E-state index is -0.886. The number of cyclic esters (lactones) is 1. The number of hydrogen-bond donors (Lipinski definition) is 1. The summed E-state index contributed by atoms with van der Waals surface area (Å²) in [6.45, 7) is 5.38. The zero-order chi connectivity index (χ0) is 18.0. The van der Waals surface area contributed by atoms with Gasteiger partial charge in [-0.2, -0.15) is 0 Å². The molecule has 0 bridgehead atoms. The van der Waals surface area contributed by atoms with E-state index in [1.807, 2.05) is 0 Å². The average Bonchev–Trinajstić information content (AvgIpc) is 2.95. The zero-order valence-corrected chi connectivity index (χ0v) is 14.3. The van der Waals surface area contributed by atoms with Crippen molar-refractivity contribution in [3.05, 3.63) is 70.2 Å². The Hall–Kier alpha value is -2.73. The van der Waals surface area contributed by atoms with Crippen LogP contribution in [0.5, 0.6) is 0 Å². The summed E-state index contributed by atoms with van der Waals surface area (Å²) in [6.07, 6.45) is 0.547. The van der Waals surface area contributed by atoms with E-state index < -0.39 is 18.0 Å². The van der Waals surface area contributed by atoms with Crippen LogP contribution < -0.4 is 5.32 Å². The lowest BCUT2D eigenvalue weighted by atomic mass is 9.85. The fraction of sp³-hybridized carbons (Fsp3) is 0.222. The van der Waals surface area contributed by atoms with Gasteiger partial charge in [0, 0.05) is 5.02 Å². The zero-order valence-electron chi connectivity index (χ0n) is 13.5. The highest BCUT2D eigenvalue weighted by Crippen LogP contribution is 2.43. The summed E-state index contributed by atoms with van der Waals surface area (Å²) in [6, 6.07) is 7.07. The number of carbonyl (C=O) groups is 2. The second-order valence-electron chi connectivity index (χ2n) is 5.49. The third kappa shape index (κ3) is 3.25. The normalized spacial score (nSPS) is 19.1. The van der Waals surface area contributed by atoms with Crippen molar-refractivity contribution in [1.29, 1.82) is 0 Å². The first-order valence-corrected chi connectivity index (χ1v) is 7.98. The van der Waals surface area contributed by atoms with Gasteiger partial charge in [0.15, 0.2) is 0 Å². The van der Waals surface area contributed by atoms with Gasteiger partial charge in [0.2, 0.25) is 0 Å². The Morgan fingerprint density at radius 2 is 2.24 bits per heavy atom. The molecule has 2 aliphatic heterocycles. The highest BCUT2D eigenvalue weighted by Gasteiger charge is 2.41. The van der Waals surface area contributed by atoms with Crippen molar-refractivity contribution in [3.63, 3.8) is 0 Å². The van der Waals surface area contributed by atoms with Crippen LogP contribution in [0.1, 0.15) is 18.4 Å². The summed E-state index contributed by atoms with van der Waals surface area (Å²) < 4.78 is 15.4. The van der Waals surface area contributed by atoms with Gasteiger partial charge in [-0.1, -0.05) is 42.5 Å². The predicted molar refractivity (Wildman–Crippen MR) is 90.6 cm³/mol. The van der Waals surface area contributed by atoms with Crippen LogP contribution in [0.15, 0.2) is 59.6 Å². The smallest absolute Gasteiger partial charge is 0.456 e. The molecule has 0 aromatic heterocycles. The molecule has 1 N–H and O–H groups in total. The molecule has 7 heteroatoms. The fourth-order valence-corrected chi connectivity index (χ4v) is 3.08. The molecule has 2 heterocycles. The Labute approximate surface area is 149 Å². The van der Waals surface area contributed by atoms with Crippen molar-refractivity contribution in [2.24, 2.45) is 0 Å². The van der Waals surface area contributed by atoms with Crippen LogP contribution in [0, 0.1) is 0 Å². The molecule has 1 unspecified atom stereocenters. The molecule has 1 aromatic carbocycles. The largest absolute Gasteiger partial charge is 0.513 e. The van der Waals surface area contributed by atoms with Gasteiger partial charge < -0.3 is 19.5 Å². The van der Waals surface area contributed by atoms with Gasteiger partial charge >= 0.3 is 12.1 Å². The van der Waals surface area contributed by atoms with Crippen LogP contribution in [-0.2, 0) is 19.0 Å². The number of allylic oxidation sites excluding steroid dienone is 2. The molecule has 2 aliphatic rings. The van der Waals surface area contributed by atoms with E-state index in [1.54, 1.807) is 31.2 Å². The van der Waals surface area contributed by atoms with Gasteiger partial charge in [-0.15, -0.1) is 0 Å². The van der Waals surface area contributed by atoms with E-state index in [2.05, 4.69) is 11.9 Å². The summed E-state index contributed by atoms with van der Waals surface area (Å²) in [7, 11) is 0. The van der Waals surface area contributed by atoms with Crippen molar-refractivity contribution < 1.29 is 23.8 Å². The van der Waals surface area contributed by atoms with Crippen LogP contribution in [0.2, 0.25) is 5.02 Å². The van der Waals surface area contributed by atoms with Gasteiger partial charge in [-0.05, 0) is 18.6 Å². The molecule has 1 aromatic rings. The standard InChI is InChI=1S/C18H16ClNO5/c1-3-8-23-18(22)25-16-10(2)20-13-9-24-17(21)15(13)14(16)11-6-4-5-7-12(11)19/h3-7,14,20H,1,8-9H2,2H3. The number of carbonyl (C=O) groups excluding carboxylic acids is 2. The Morgan fingerprint density at radius 1 is 1.48 bits per heavy atom. The van der Waals surface area contributed by atoms with Crippen LogP contribution in [0.4, 0.5) is 4.79 Å². The monoisotopic (exact) mass is 361 g/mol. The second kappa shape index (κ2) is 7.03. The summed E-state index contributed by atoms with van der Waals surface area (Å²) >= 11 is 6.33. The molecule has 1 atom stereocenters. The van der Waals surface area contributed by atoms with Crippen molar-refractivity contribution in [2.75, 3.05) is 13.2 Å². The van der Waals surface area contributed by atoms with Crippen molar-refractivity contribution in [2.45, 2.75) is 12.8 Å². The number of dihydropyridines is 1. The number of esters is 1. The van der Waals surface area contributed by atoms with Crippen LogP contribution in [-0.4, -0.2) is 25.3 Å². The molecule has 25 heavy (non-hydrogen) atoms. The van der Waals surface area contributed by atoms with Crippen LogP contribution >= 0.6 is 11.6 Å². The topological polar surface area (TPSA) is 73.9 Å². The van der Waals surface area contributed by atoms with Gasteiger partial charge in [0.05, 0.1) is 22.9 Å². The van der Waals surface area contributed by atoms with E-state index in [4.69, 9.17) is 25.8 Å². The Bertz CT molecular complexity index is 811. The van der Waals surface area contributed by atoms with E-state index >= 15 is 0 Å². The second-order valence-corrected chi connectivity index (χ2v) is 5.90. The number of hydrogen-bond acceptors (Lipinski definition) is 6. The van der Waals surface area contributed by atoms with E-state index in [0.717, 1.165) is 0 Å². The van der Waals surface area contributed by atoms with Crippen LogP contribution in [0.3, 0.4) is 0 Å². The molecule has 0 saturated heterocycles. The molecule has 130 valence electrons. The lowest BCUT2D eigenvalue weighted by molar-refractivity contribution is -0.136. The molecule has 0 radical (unpaired) electrons. The summed E-state index contributed by atoms with van der Waals surface area (Å²) in [4.78, 5) is 24.2. The van der Waals surface area contributed by atoms with Gasteiger partial charge in [-0.3, -0.25) is 0 Å². The van der Waals surface area contributed by atoms with E-state index in [9.17, 15) is 9.59 Å². The quantitative estimate of drug-likeness (QED) is 0.654. The molecule has 0 fully saturated rings. The number of ether oxygens (including phenoxy) is 3. The van der Waals surface area contributed by atoms with Crippen molar-refractivity contribution in [3.8, 4) is 0 Å². The fourth-order valence-electron chi connectivity index (χ4n) is 2.84. The molecule has 6 nitrogen and oxygen atoms in total. The molecular weight excluding hydrogens is 346 g/mol. The Balaban J connectivity index is 2.03.